The summed E-state index contributed by atoms with van der Waals surface area (Å²) in [5, 5.41) is 1.01. The Morgan fingerprint density at radius 1 is 1.26 bits per heavy atom. The van der Waals surface area contributed by atoms with Crippen molar-refractivity contribution in [3.05, 3.63) is 42.4 Å². The van der Waals surface area contributed by atoms with Crippen molar-refractivity contribution in [2.75, 3.05) is 31.1 Å². The maximum absolute atomic E-state index is 11.6. The first-order valence-corrected chi connectivity index (χ1v) is 9.19. The third kappa shape index (κ3) is 2.72. The number of aryl methyl sites for hydroxylation is 1. The molecule has 5 rings (SSSR count). The van der Waals surface area contributed by atoms with E-state index in [0.29, 0.717) is 12.5 Å². The van der Waals surface area contributed by atoms with Gasteiger partial charge in [0.1, 0.15) is 17.8 Å². The number of aromatic amines is 1. The highest BCUT2D eigenvalue weighted by Crippen LogP contribution is 2.60. The summed E-state index contributed by atoms with van der Waals surface area (Å²) in [5.41, 5.74) is 2.78. The van der Waals surface area contributed by atoms with Crippen molar-refractivity contribution in [2.45, 2.75) is 19.3 Å². The second-order valence-corrected chi connectivity index (χ2v) is 7.64. The minimum absolute atomic E-state index is 0.00648. The van der Waals surface area contributed by atoms with Crippen LogP contribution in [0.4, 0.5) is 5.82 Å². The minimum atomic E-state index is -0.00648. The van der Waals surface area contributed by atoms with E-state index in [4.69, 9.17) is 0 Å². The van der Waals surface area contributed by atoms with E-state index in [1.54, 1.807) is 12.5 Å². The number of anilines is 1. The van der Waals surface area contributed by atoms with Gasteiger partial charge in [0, 0.05) is 56.1 Å². The zero-order valence-electron chi connectivity index (χ0n) is 15.2. The van der Waals surface area contributed by atoms with Gasteiger partial charge in [0.15, 0.2) is 0 Å². The van der Waals surface area contributed by atoms with E-state index in [-0.39, 0.29) is 5.41 Å². The van der Waals surface area contributed by atoms with Crippen LogP contribution in [-0.4, -0.2) is 62.4 Å². The predicted octanol–water partition coefficient (Wildman–Crippen LogP) is 1.51. The second-order valence-electron chi connectivity index (χ2n) is 7.64. The number of nitrogens with one attached hydrogen (secondary N) is 1. The van der Waals surface area contributed by atoms with Crippen molar-refractivity contribution in [1.29, 1.82) is 0 Å². The Hall–Kier alpha value is -3.03. The van der Waals surface area contributed by atoms with Gasteiger partial charge in [0.2, 0.25) is 6.41 Å². The van der Waals surface area contributed by atoms with Gasteiger partial charge in [0.05, 0.1) is 16.8 Å². The quantitative estimate of drug-likeness (QED) is 0.710. The Morgan fingerprint density at radius 3 is 3.04 bits per heavy atom. The van der Waals surface area contributed by atoms with E-state index < -0.39 is 0 Å². The van der Waals surface area contributed by atoms with Gasteiger partial charge in [-0.25, -0.2) is 9.97 Å². The monoisotopic (exact) mass is 363 g/mol. The third-order valence-electron chi connectivity index (χ3n) is 5.78. The molecule has 8 heteroatoms. The van der Waals surface area contributed by atoms with Crippen LogP contribution in [0.3, 0.4) is 0 Å². The lowest BCUT2D eigenvalue weighted by Crippen LogP contribution is -2.32. The largest absolute Gasteiger partial charge is 0.354 e. The lowest BCUT2D eigenvalue weighted by atomic mass is 10.0. The Balaban J connectivity index is 1.50. The normalized spacial score (nSPS) is 25.0. The smallest absolute Gasteiger partial charge is 0.209 e. The number of hydrogen-bond donors (Lipinski definition) is 1. The number of hydrogen-bond acceptors (Lipinski definition) is 6. The van der Waals surface area contributed by atoms with E-state index >= 15 is 0 Å². The molecule has 3 aromatic rings. The number of H-pyrrole nitrogens is 1. The van der Waals surface area contributed by atoms with Crippen LogP contribution in [0.2, 0.25) is 0 Å². The molecule has 0 radical (unpaired) electrons. The number of amides is 1. The van der Waals surface area contributed by atoms with Gasteiger partial charge in [-0.3, -0.25) is 14.8 Å². The molecule has 2 fully saturated rings. The second kappa shape index (κ2) is 6.00. The van der Waals surface area contributed by atoms with Crippen molar-refractivity contribution >= 4 is 23.3 Å². The van der Waals surface area contributed by atoms with E-state index in [1.165, 1.54) is 0 Å². The highest BCUT2D eigenvalue weighted by molar-refractivity contribution is 5.87. The molecule has 1 aliphatic heterocycles. The Morgan fingerprint density at radius 2 is 2.19 bits per heavy atom. The first-order valence-electron chi connectivity index (χ1n) is 9.19. The summed E-state index contributed by atoms with van der Waals surface area (Å²) in [6.07, 6.45) is 9.10. The average molecular weight is 363 g/mol. The zero-order valence-corrected chi connectivity index (χ0v) is 15.2. The summed E-state index contributed by atoms with van der Waals surface area (Å²) >= 11 is 0. The fourth-order valence-electron chi connectivity index (χ4n) is 4.39. The molecule has 2 aliphatic rings. The lowest BCUT2D eigenvalue weighted by molar-refractivity contribution is -0.118. The molecule has 2 atom stereocenters. The maximum Gasteiger partial charge on any atom is 0.209 e. The number of fused-ring (bicyclic) bond motifs is 1. The first-order chi connectivity index (χ1) is 13.2. The maximum atomic E-state index is 11.6. The molecule has 1 saturated carbocycles. The van der Waals surface area contributed by atoms with Crippen molar-refractivity contribution in [3.8, 4) is 0 Å². The zero-order chi connectivity index (χ0) is 18.4. The molecule has 0 aromatic carbocycles. The Labute approximate surface area is 156 Å². The summed E-state index contributed by atoms with van der Waals surface area (Å²) in [4.78, 5) is 36.8. The molecule has 27 heavy (non-hydrogen) atoms. The van der Waals surface area contributed by atoms with Crippen LogP contribution in [-0.2, 0) is 4.79 Å². The lowest BCUT2D eigenvalue weighted by Gasteiger charge is -2.26. The number of aromatic nitrogens is 5. The van der Waals surface area contributed by atoms with Crippen LogP contribution in [0.25, 0.3) is 11.0 Å². The van der Waals surface area contributed by atoms with Crippen molar-refractivity contribution < 1.29 is 4.79 Å². The number of rotatable bonds is 3. The molecule has 8 nitrogen and oxygen atoms in total. The topological polar surface area (TPSA) is 90.9 Å². The van der Waals surface area contributed by atoms with Crippen LogP contribution in [0.5, 0.6) is 0 Å². The molecule has 0 bridgehead atoms. The van der Waals surface area contributed by atoms with Gasteiger partial charge in [-0.15, -0.1) is 0 Å². The van der Waals surface area contributed by atoms with Crippen LogP contribution in [0.1, 0.15) is 23.7 Å². The minimum Gasteiger partial charge on any atom is -0.354 e. The number of carbonyl (C=O) groups is 1. The summed E-state index contributed by atoms with van der Waals surface area (Å²) in [7, 11) is 0. The molecule has 138 valence electrons. The standard InChI is InChI=1S/C19H21N7O/c1-13-7-20-8-16(24-13)15-6-19(15)9-25(12-27)4-5-26(10-19)18-14-2-3-21-17(14)22-11-23-18/h2-3,7-8,11-12,15H,4-6,9-10H2,1H3,(H,21,22,23). The van der Waals surface area contributed by atoms with Crippen LogP contribution in [0.15, 0.2) is 31.0 Å². The molecule has 2 unspecified atom stereocenters. The van der Waals surface area contributed by atoms with Crippen LogP contribution < -0.4 is 4.90 Å². The molecule has 1 aliphatic carbocycles. The molecular formula is C19H21N7O. The highest BCUT2D eigenvalue weighted by atomic mass is 16.1. The van der Waals surface area contributed by atoms with E-state index in [9.17, 15) is 4.79 Å². The summed E-state index contributed by atoms with van der Waals surface area (Å²) < 4.78 is 0. The van der Waals surface area contributed by atoms with Crippen LogP contribution >= 0.6 is 0 Å². The summed E-state index contributed by atoms with van der Waals surface area (Å²) in [6.45, 7) is 4.99. The van der Waals surface area contributed by atoms with E-state index in [1.807, 2.05) is 30.3 Å². The number of carbonyl (C=O) groups excluding carboxylic acids is 1. The summed E-state index contributed by atoms with van der Waals surface area (Å²) in [6, 6.07) is 2.01. The molecule has 4 heterocycles. The third-order valence-corrected chi connectivity index (χ3v) is 5.78. The molecule has 1 saturated heterocycles. The van der Waals surface area contributed by atoms with Gasteiger partial charge >= 0.3 is 0 Å². The molecule has 1 N–H and O–H groups in total. The van der Waals surface area contributed by atoms with Crippen molar-refractivity contribution in [2.24, 2.45) is 5.41 Å². The van der Waals surface area contributed by atoms with Crippen molar-refractivity contribution in [3.63, 3.8) is 0 Å². The number of nitrogens with zero attached hydrogens (tertiary/aromatic N) is 6. The van der Waals surface area contributed by atoms with Gasteiger partial charge < -0.3 is 14.8 Å². The molecule has 3 aromatic heterocycles. The fraction of sp³-hybridized carbons (Fsp3) is 0.421. The van der Waals surface area contributed by atoms with Gasteiger partial charge in [-0.05, 0) is 19.4 Å². The highest BCUT2D eigenvalue weighted by Gasteiger charge is 2.58. The average Bonchev–Trinajstić information content (AvgIpc) is 3.23. The van der Waals surface area contributed by atoms with Crippen LogP contribution in [0, 0.1) is 12.3 Å². The van der Waals surface area contributed by atoms with Gasteiger partial charge in [0.25, 0.3) is 0 Å². The van der Waals surface area contributed by atoms with E-state index in [2.05, 4.69) is 29.8 Å². The SMILES string of the molecule is Cc1cncc(C2CC23CN(C=O)CCN(c2ncnc4[nH]ccc24)C3)n1. The van der Waals surface area contributed by atoms with E-state index in [0.717, 1.165) is 60.7 Å². The predicted molar refractivity (Wildman–Crippen MR) is 100 cm³/mol. The molecule has 1 spiro atoms. The van der Waals surface area contributed by atoms with Crippen molar-refractivity contribution in [1.82, 2.24) is 29.8 Å². The molecule has 1 amide bonds. The Kier molecular flexibility index (Phi) is 3.60. The fourth-order valence-corrected chi connectivity index (χ4v) is 4.39. The van der Waals surface area contributed by atoms with Gasteiger partial charge in [-0.2, -0.15) is 0 Å². The Bertz CT molecular complexity index is 1000. The first kappa shape index (κ1) is 16.2. The summed E-state index contributed by atoms with van der Waals surface area (Å²) in [5.74, 6) is 1.24. The van der Waals surface area contributed by atoms with Gasteiger partial charge in [-0.1, -0.05) is 0 Å². The molecular weight excluding hydrogens is 342 g/mol.